The topological polar surface area (TPSA) is 83.3 Å². The lowest BCUT2D eigenvalue weighted by atomic mass is 10.0. The molecule has 1 fully saturated rings. The van der Waals surface area contributed by atoms with Crippen molar-refractivity contribution in [1.29, 1.82) is 0 Å². The van der Waals surface area contributed by atoms with Gasteiger partial charge in [-0.15, -0.1) is 5.10 Å². The summed E-state index contributed by atoms with van der Waals surface area (Å²) in [7, 11) is 3.39. The monoisotopic (exact) mass is 285 g/mol. The van der Waals surface area contributed by atoms with Gasteiger partial charge >= 0.3 is 0 Å². The fourth-order valence-electron chi connectivity index (χ4n) is 2.31. The van der Waals surface area contributed by atoms with Gasteiger partial charge in [-0.1, -0.05) is 0 Å². The second-order valence-electron chi connectivity index (χ2n) is 5.05. The van der Waals surface area contributed by atoms with E-state index < -0.39 is 0 Å². The van der Waals surface area contributed by atoms with Crippen molar-refractivity contribution in [2.45, 2.75) is 31.5 Å². The van der Waals surface area contributed by atoms with Crippen molar-refractivity contribution in [2.24, 2.45) is 0 Å². The van der Waals surface area contributed by atoms with Crippen LogP contribution in [0.4, 0.5) is 0 Å². The van der Waals surface area contributed by atoms with E-state index in [9.17, 15) is 0 Å². The maximum Gasteiger partial charge on any atom is 0.168 e. The highest BCUT2D eigenvalue weighted by Gasteiger charge is 2.36. The molecule has 2 unspecified atom stereocenters. The molecule has 0 spiro atoms. The lowest BCUT2D eigenvalue weighted by molar-refractivity contribution is -0.0329. The molecule has 2 atom stereocenters. The summed E-state index contributed by atoms with van der Waals surface area (Å²) in [5, 5.41) is 15.3. The lowest BCUT2D eigenvalue weighted by Gasteiger charge is -2.26. The Hall–Kier alpha value is -1.09. The third-order valence-electron chi connectivity index (χ3n) is 3.64. The molecule has 8 heteroatoms. The van der Waals surface area contributed by atoms with Gasteiger partial charge in [0.25, 0.3) is 0 Å². The number of rotatable bonds is 8. The Morgan fingerprint density at radius 1 is 1.50 bits per heavy atom. The summed E-state index contributed by atoms with van der Waals surface area (Å²) < 4.78 is 17.9. The zero-order chi connectivity index (χ0) is 14.4. The molecule has 0 aliphatic carbocycles. The highest BCUT2D eigenvalue weighted by Crippen LogP contribution is 2.25. The fourth-order valence-corrected chi connectivity index (χ4v) is 2.31. The van der Waals surface area contributed by atoms with Gasteiger partial charge < -0.3 is 19.5 Å². The minimum Gasteiger partial charge on any atom is -0.383 e. The normalized spacial score (nSPS) is 24.1. The first kappa shape index (κ1) is 15.3. The largest absolute Gasteiger partial charge is 0.383 e. The van der Waals surface area contributed by atoms with Crippen LogP contribution in [0, 0.1) is 0 Å². The van der Waals surface area contributed by atoms with Crippen molar-refractivity contribution in [1.82, 2.24) is 25.5 Å². The van der Waals surface area contributed by atoms with E-state index in [0.29, 0.717) is 26.4 Å². The highest BCUT2D eigenvalue weighted by molar-refractivity contribution is 4.93. The van der Waals surface area contributed by atoms with Crippen molar-refractivity contribution in [2.75, 3.05) is 40.6 Å². The Balaban J connectivity index is 2.00. The molecule has 20 heavy (non-hydrogen) atoms. The number of aromatic nitrogens is 4. The van der Waals surface area contributed by atoms with E-state index >= 15 is 0 Å². The number of tetrazole rings is 1. The van der Waals surface area contributed by atoms with Gasteiger partial charge in [-0.25, -0.2) is 4.68 Å². The minimum absolute atomic E-state index is 0.0522. The fraction of sp³-hybridized carbons (Fsp3) is 0.917. The number of methoxy groups -OCH3 is 2. The third-order valence-corrected chi connectivity index (χ3v) is 3.64. The van der Waals surface area contributed by atoms with Crippen molar-refractivity contribution in [3.05, 3.63) is 5.82 Å². The Labute approximate surface area is 118 Å². The van der Waals surface area contributed by atoms with Gasteiger partial charge in [0.1, 0.15) is 5.60 Å². The average Bonchev–Trinajstić information content (AvgIpc) is 3.09. The Morgan fingerprint density at radius 3 is 3.00 bits per heavy atom. The summed E-state index contributed by atoms with van der Waals surface area (Å²) in [6, 6.07) is 0.0522. The predicted octanol–water partition coefficient (Wildman–Crippen LogP) is -0.224. The molecular weight excluding hydrogens is 262 g/mol. The quantitative estimate of drug-likeness (QED) is 0.661. The van der Waals surface area contributed by atoms with Crippen molar-refractivity contribution < 1.29 is 14.2 Å². The van der Waals surface area contributed by atoms with E-state index in [1.165, 1.54) is 0 Å². The standard InChI is InChI=1S/C12H23N5O3/c1-10(13-5-7-18-2)11-14-15-16-17(11)8-12(19-3)4-6-20-9-12/h10,13H,4-9H2,1-3H3. The first-order valence-electron chi connectivity index (χ1n) is 6.82. The summed E-state index contributed by atoms with van der Waals surface area (Å²) in [6.07, 6.45) is 0.855. The van der Waals surface area contributed by atoms with Crippen LogP contribution >= 0.6 is 0 Å². The zero-order valence-electron chi connectivity index (χ0n) is 12.3. The molecule has 1 aromatic rings. The maximum atomic E-state index is 5.62. The van der Waals surface area contributed by atoms with Gasteiger partial charge in [0.05, 0.1) is 25.8 Å². The molecule has 0 bridgehead atoms. The summed E-state index contributed by atoms with van der Waals surface area (Å²) in [5.74, 6) is 0.796. The van der Waals surface area contributed by atoms with Gasteiger partial charge in [0.15, 0.2) is 5.82 Å². The first-order chi connectivity index (χ1) is 9.71. The molecule has 0 radical (unpaired) electrons. The van der Waals surface area contributed by atoms with Crippen LogP contribution < -0.4 is 5.32 Å². The van der Waals surface area contributed by atoms with Crippen LogP contribution in [0.25, 0.3) is 0 Å². The van der Waals surface area contributed by atoms with Crippen LogP contribution in [0.2, 0.25) is 0 Å². The maximum absolute atomic E-state index is 5.62. The summed E-state index contributed by atoms with van der Waals surface area (Å²) in [4.78, 5) is 0. The first-order valence-corrected chi connectivity index (χ1v) is 6.82. The third kappa shape index (κ3) is 3.51. The highest BCUT2D eigenvalue weighted by atomic mass is 16.5. The molecule has 2 heterocycles. The zero-order valence-corrected chi connectivity index (χ0v) is 12.3. The molecule has 1 aliphatic heterocycles. The van der Waals surface area contributed by atoms with E-state index in [0.717, 1.165) is 18.8 Å². The Kier molecular flexibility index (Phi) is 5.41. The van der Waals surface area contributed by atoms with Crippen molar-refractivity contribution in [3.63, 3.8) is 0 Å². The number of ether oxygens (including phenoxy) is 3. The number of nitrogens with one attached hydrogen (secondary N) is 1. The molecule has 1 aromatic heterocycles. The Morgan fingerprint density at radius 2 is 2.35 bits per heavy atom. The van der Waals surface area contributed by atoms with Gasteiger partial charge in [0.2, 0.25) is 0 Å². The second kappa shape index (κ2) is 7.07. The van der Waals surface area contributed by atoms with Crippen LogP contribution in [0.3, 0.4) is 0 Å². The minimum atomic E-state index is -0.323. The lowest BCUT2D eigenvalue weighted by Crippen LogP contribution is -2.38. The average molecular weight is 285 g/mol. The number of hydrogen-bond acceptors (Lipinski definition) is 7. The molecular formula is C12H23N5O3. The van der Waals surface area contributed by atoms with Crippen molar-refractivity contribution in [3.8, 4) is 0 Å². The number of hydrogen-bond donors (Lipinski definition) is 1. The summed E-state index contributed by atoms with van der Waals surface area (Å²) >= 11 is 0. The SMILES string of the molecule is COCCNC(C)c1nnnn1CC1(OC)CCOC1. The van der Waals surface area contributed by atoms with Crippen LogP contribution in [-0.2, 0) is 20.8 Å². The smallest absolute Gasteiger partial charge is 0.168 e. The van der Waals surface area contributed by atoms with E-state index in [1.807, 2.05) is 6.92 Å². The van der Waals surface area contributed by atoms with Crippen LogP contribution in [0.15, 0.2) is 0 Å². The molecule has 8 nitrogen and oxygen atoms in total. The van der Waals surface area contributed by atoms with Gasteiger partial charge in [0, 0.05) is 33.8 Å². The van der Waals surface area contributed by atoms with E-state index in [1.54, 1.807) is 18.9 Å². The van der Waals surface area contributed by atoms with Gasteiger partial charge in [-0.05, 0) is 17.4 Å². The number of nitrogens with zero attached hydrogens (tertiary/aromatic N) is 4. The predicted molar refractivity (Wildman–Crippen MR) is 71.3 cm³/mol. The second-order valence-corrected chi connectivity index (χ2v) is 5.05. The van der Waals surface area contributed by atoms with Crippen LogP contribution in [0.1, 0.15) is 25.2 Å². The molecule has 0 aromatic carbocycles. The Bertz CT molecular complexity index is 406. The molecule has 1 saturated heterocycles. The summed E-state index contributed by atoms with van der Waals surface area (Å²) in [5.41, 5.74) is -0.323. The molecule has 2 rings (SSSR count). The van der Waals surface area contributed by atoms with Gasteiger partial charge in [-0.2, -0.15) is 0 Å². The van der Waals surface area contributed by atoms with E-state index in [-0.39, 0.29) is 11.6 Å². The molecule has 0 amide bonds. The van der Waals surface area contributed by atoms with Crippen LogP contribution in [-0.4, -0.2) is 66.4 Å². The summed E-state index contributed by atoms with van der Waals surface area (Å²) in [6.45, 7) is 5.33. The van der Waals surface area contributed by atoms with Crippen LogP contribution in [0.5, 0.6) is 0 Å². The van der Waals surface area contributed by atoms with Crippen molar-refractivity contribution >= 4 is 0 Å². The molecule has 1 aliphatic rings. The molecule has 0 saturated carbocycles. The molecule has 114 valence electrons. The van der Waals surface area contributed by atoms with E-state index in [2.05, 4.69) is 20.8 Å². The molecule has 1 N–H and O–H groups in total. The van der Waals surface area contributed by atoms with E-state index in [4.69, 9.17) is 14.2 Å². The van der Waals surface area contributed by atoms with Gasteiger partial charge in [-0.3, -0.25) is 0 Å².